The van der Waals surface area contributed by atoms with Crippen LogP contribution in [0.2, 0.25) is 5.02 Å². The van der Waals surface area contributed by atoms with Gasteiger partial charge in [0.1, 0.15) is 11.6 Å². The van der Waals surface area contributed by atoms with Crippen molar-refractivity contribution in [3.63, 3.8) is 0 Å². The molecule has 1 fully saturated rings. The molecule has 1 saturated carbocycles. The molecule has 1 heterocycles. The summed E-state index contributed by atoms with van der Waals surface area (Å²) in [5.41, 5.74) is 1.42. The third-order valence-electron chi connectivity index (χ3n) is 4.81. The summed E-state index contributed by atoms with van der Waals surface area (Å²) in [5, 5.41) is 3.83. The van der Waals surface area contributed by atoms with E-state index >= 15 is 0 Å². The van der Waals surface area contributed by atoms with E-state index in [-0.39, 0.29) is 5.82 Å². The van der Waals surface area contributed by atoms with Crippen LogP contribution in [-0.2, 0) is 13.2 Å². The number of hydrogen-bond donors (Lipinski definition) is 1. The van der Waals surface area contributed by atoms with Gasteiger partial charge in [0.05, 0.1) is 19.3 Å². The highest BCUT2D eigenvalue weighted by Gasteiger charge is 2.30. The molecule has 3 aromatic rings. The molecule has 1 aliphatic rings. The van der Waals surface area contributed by atoms with Gasteiger partial charge < -0.3 is 4.74 Å². The Bertz CT molecular complexity index is 1050. The first-order valence-electron chi connectivity index (χ1n) is 9.03. The third-order valence-corrected chi connectivity index (χ3v) is 5.36. The van der Waals surface area contributed by atoms with E-state index in [0.29, 0.717) is 46.2 Å². The molecule has 1 N–H and O–H groups in total. The number of hydrogen-bond acceptors (Lipinski definition) is 4. The van der Waals surface area contributed by atoms with Crippen LogP contribution in [0.1, 0.15) is 18.4 Å². The number of benzene rings is 2. The predicted molar refractivity (Wildman–Crippen MR) is 109 cm³/mol. The molecule has 0 bridgehead atoms. The van der Waals surface area contributed by atoms with Crippen molar-refractivity contribution in [2.24, 2.45) is 0 Å². The number of rotatable bonds is 7. The molecule has 0 spiro atoms. The lowest BCUT2D eigenvalue weighted by atomic mass is 10.2. The zero-order valence-corrected chi connectivity index (χ0v) is 16.9. The fourth-order valence-corrected chi connectivity index (χ4v) is 3.57. The smallest absolute Gasteiger partial charge is 0.217 e. The molecule has 4 rings (SSSR count). The average molecular weight is 419 g/mol. The number of aromatic nitrogens is 3. The van der Waals surface area contributed by atoms with E-state index in [2.05, 4.69) is 15.0 Å². The summed E-state index contributed by atoms with van der Waals surface area (Å²) in [6, 6.07) is 12.6. The quantitative estimate of drug-likeness (QED) is 0.546. The summed E-state index contributed by atoms with van der Waals surface area (Å²) in [6.07, 6.45) is 2.20. The molecule has 0 unspecified atom stereocenters. The first-order chi connectivity index (χ1) is 13.5. The Morgan fingerprint density at radius 3 is 2.82 bits per heavy atom. The highest BCUT2D eigenvalue weighted by atomic mass is 35.5. The van der Waals surface area contributed by atoms with Crippen LogP contribution in [0.15, 0.2) is 42.5 Å². The summed E-state index contributed by atoms with van der Waals surface area (Å²) >= 11 is 11.6. The lowest BCUT2D eigenvalue weighted by Gasteiger charge is -2.22. The summed E-state index contributed by atoms with van der Waals surface area (Å²) < 4.78 is 21.7. The van der Waals surface area contributed by atoms with Gasteiger partial charge in [0.2, 0.25) is 4.77 Å². The number of halogens is 2. The average Bonchev–Trinajstić information content (AvgIpc) is 3.47. The second kappa shape index (κ2) is 8.03. The first kappa shape index (κ1) is 19.1. The standard InChI is InChI=1S/C20H20ClFN4OS/c1-27-18-9-6-14(21)10-16(18)19-23-20(28)26(24-19)12-25(15-7-8-15)11-13-4-2-3-5-17(13)22/h2-6,9-10,15H,7-8,11-12H2,1H3,(H,23,24,28). The van der Waals surface area contributed by atoms with Crippen molar-refractivity contribution in [2.45, 2.75) is 32.1 Å². The van der Waals surface area contributed by atoms with Crippen molar-refractivity contribution in [3.8, 4) is 17.1 Å². The number of ether oxygens (including phenoxy) is 1. The van der Waals surface area contributed by atoms with Crippen molar-refractivity contribution < 1.29 is 9.13 Å². The molecule has 1 aliphatic carbocycles. The fraction of sp³-hybridized carbons (Fsp3) is 0.300. The zero-order chi connectivity index (χ0) is 19.7. The van der Waals surface area contributed by atoms with Crippen LogP contribution in [0.5, 0.6) is 5.75 Å². The van der Waals surface area contributed by atoms with Crippen LogP contribution >= 0.6 is 23.8 Å². The minimum Gasteiger partial charge on any atom is -0.496 e. The molecule has 28 heavy (non-hydrogen) atoms. The van der Waals surface area contributed by atoms with E-state index in [1.165, 1.54) is 6.07 Å². The van der Waals surface area contributed by atoms with Gasteiger partial charge in [0.25, 0.3) is 0 Å². The van der Waals surface area contributed by atoms with E-state index in [9.17, 15) is 4.39 Å². The minimum atomic E-state index is -0.189. The highest BCUT2D eigenvalue weighted by molar-refractivity contribution is 7.71. The van der Waals surface area contributed by atoms with Crippen molar-refractivity contribution >= 4 is 23.8 Å². The van der Waals surface area contributed by atoms with E-state index < -0.39 is 0 Å². The van der Waals surface area contributed by atoms with Gasteiger partial charge in [-0.2, -0.15) is 4.98 Å². The summed E-state index contributed by atoms with van der Waals surface area (Å²) in [4.78, 5) is 6.68. The van der Waals surface area contributed by atoms with Crippen LogP contribution in [0, 0.1) is 10.6 Å². The molecule has 8 heteroatoms. The van der Waals surface area contributed by atoms with Crippen LogP contribution in [0.25, 0.3) is 11.4 Å². The number of methoxy groups -OCH3 is 1. The summed E-state index contributed by atoms with van der Waals surface area (Å²) in [7, 11) is 1.60. The molecule has 2 aromatic carbocycles. The van der Waals surface area contributed by atoms with Crippen LogP contribution in [0.4, 0.5) is 4.39 Å². The number of nitrogens with one attached hydrogen (secondary N) is 1. The molecule has 0 radical (unpaired) electrons. The SMILES string of the molecule is COc1ccc(Cl)cc1-c1nc(=S)n(CN(Cc2ccccc2F)C2CC2)[nH]1. The first-order valence-corrected chi connectivity index (χ1v) is 9.82. The third kappa shape index (κ3) is 4.11. The van der Waals surface area contributed by atoms with Gasteiger partial charge in [-0.05, 0) is 49.3 Å². The molecule has 0 aliphatic heterocycles. The van der Waals surface area contributed by atoms with Crippen molar-refractivity contribution in [1.82, 2.24) is 19.7 Å². The molecular formula is C20H20ClFN4OS. The van der Waals surface area contributed by atoms with Crippen LogP contribution in [-0.4, -0.2) is 32.8 Å². The van der Waals surface area contributed by atoms with E-state index in [0.717, 1.165) is 18.4 Å². The summed E-state index contributed by atoms with van der Waals surface area (Å²) in [5.74, 6) is 1.06. The molecule has 1 aromatic heterocycles. The monoisotopic (exact) mass is 418 g/mol. The Labute approximate surface area is 172 Å². The highest BCUT2D eigenvalue weighted by Crippen LogP contribution is 2.32. The largest absolute Gasteiger partial charge is 0.496 e. The molecular weight excluding hydrogens is 399 g/mol. The normalized spacial score (nSPS) is 13.9. The van der Waals surface area contributed by atoms with Gasteiger partial charge in [-0.3, -0.25) is 10.00 Å². The summed E-state index contributed by atoms with van der Waals surface area (Å²) in [6.45, 7) is 1.03. The van der Waals surface area contributed by atoms with Crippen LogP contribution < -0.4 is 4.74 Å². The van der Waals surface area contributed by atoms with Crippen molar-refractivity contribution in [1.29, 1.82) is 0 Å². The van der Waals surface area contributed by atoms with Gasteiger partial charge >= 0.3 is 0 Å². The predicted octanol–water partition coefficient (Wildman–Crippen LogP) is 5.03. The second-order valence-electron chi connectivity index (χ2n) is 6.84. The molecule has 5 nitrogen and oxygen atoms in total. The maximum Gasteiger partial charge on any atom is 0.217 e. The van der Waals surface area contributed by atoms with Crippen molar-refractivity contribution in [3.05, 3.63) is 63.6 Å². The Morgan fingerprint density at radius 2 is 2.11 bits per heavy atom. The Balaban J connectivity index is 1.60. The van der Waals surface area contributed by atoms with Gasteiger partial charge in [-0.1, -0.05) is 29.8 Å². The van der Waals surface area contributed by atoms with E-state index in [4.69, 9.17) is 28.6 Å². The Kier molecular flexibility index (Phi) is 5.48. The molecule has 0 atom stereocenters. The zero-order valence-electron chi connectivity index (χ0n) is 15.4. The van der Waals surface area contributed by atoms with Gasteiger partial charge in [-0.25, -0.2) is 9.07 Å². The topological polar surface area (TPSA) is 46.1 Å². The Morgan fingerprint density at radius 1 is 1.32 bits per heavy atom. The van der Waals surface area contributed by atoms with Gasteiger partial charge in [0.15, 0.2) is 5.82 Å². The lowest BCUT2D eigenvalue weighted by Crippen LogP contribution is -2.29. The number of aromatic amines is 1. The maximum absolute atomic E-state index is 14.1. The van der Waals surface area contributed by atoms with Crippen molar-refractivity contribution in [2.75, 3.05) is 7.11 Å². The molecule has 0 amide bonds. The van der Waals surface area contributed by atoms with E-state index in [1.54, 1.807) is 36.1 Å². The van der Waals surface area contributed by atoms with E-state index in [1.807, 2.05) is 12.1 Å². The van der Waals surface area contributed by atoms with Gasteiger partial charge in [-0.15, -0.1) is 0 Å². The number of nitrogens with zero attached hydrogens (tertiary/aromatic N) is 3. The minimum absolute atomic E-state index is 0.189. The second-order valence-corrected chi connectivity index (χ2v) is 7.64. The van der Waals surface area contributed by atoms with Crippen LogP contribution in [0.3, 0.4) is 0 Å². The molecule has 146 valence electrons. The Hall–Kier alpha value is -2.22. The fourth-order valence-electron chi connectivity index (χ4n) is 3.20. The van der Waals surface area contributed by atoms with Gasteiger partial charge in [0, 0.05) is 23.2 Å². The number of H-pyrrole nitrogens is 1. The molecule has 0 saturated heterocycles. The lowest BCUT2D eigenvalue weighted by molar-refractivity contribution is 0.184. The maximum atomic E-state index is 14.1.